The van der Waals surface area contributed by atoms with Gasteiger partial charge in [0.25, 0.3) is 0 Å². The van der Waals surface area contributed by atoms with Gasteiger partial charge in [0.05, 0.1) is 18.8 Å². The molecular weight excluding hydrogens is 192 g/mol. The van der Waals surface area contributed by atoms with Crippen molar-refractivity contribution in [3.05, 3.63) is 12.2 Å². The summed E-state index contributed by atoms with van der Waals surface area (Å²) >= 11 is 0. The van der Waals surface area contributed by atoms with Gasteiger partial charge in [-0.15, -0.1) is 0 Å². The highest BCUT2D eigenvalue weighted by Gasteiger charge is 2.43. The zero-order valence-electron chi connectivity index (χ0n) is 9.20. The van der Waals surface area contributed by atoms with Crippen LogP contribution in [0.25, 0.3) is 0 Å². The van der Waals surface area contributed by atoms with E-state index >= 15 is 0 Å². The summed E-state index contributed by atoms with van der Waals surface area (Å²) in [7, 11) is 0. The summed E-state index contributed by atoms with van der Waals surface area (Å²) in [4.78, 5) is 11.4. The van der Waals surface area contributed by atoms with Crippen molar-refractivity contribution in [1.82, 2.24) is 0 Å². The van der Waals surface area contributed by atoms with E-state index in [1.165, 1.54) is 0 Å². The van der Waals surface area contributed by atoms with Gasteiger partial charge in [0.15, 0.2) is 0 Å². The average Bonchev–Trinajstić information content (AvgIpc) is 2.96. The molecule has 1 saturated carbocycles. The summed E-state index contributed by atoms with van der Waals surface area (Å²) in [5, 5.41) is 0. The first-order valence-corrected chi connectivity index (χ1v) is 5.71. The third kappa shape index (κ3) is 2.59. The minimum Gasteiger partial charge on any atom is -0.463 e. The molecule has 2 rings (SSSR count). The lowest BCUT2D eigenvalue weighted by Gasteiger charge is -2.19. The van der Waals surface area contributed by atoms with Gasteiger partial charge in [-0.1, -0.05) is 6.58 Å². The number of hydrogen-bond donors (Lipinski definition) is 0. The van der Waals surface area contributed by atoms with Gasteiger partial charge < -0.3 is 9.47 Å². The fourth-order valence-corrected chi connectivity index (χ4v) is 2.34. The van der Waals surface area contributed by atoms with Crippen LogP contribution < -0.4 is 0 Å². The second-order valence-electron chi connectivity index (χ2n) is 4.42. The minimum absolute atomic E-state index is 0.240. The van der Waals surface area contributed by atoms with Gasteiger partial charge >= 0.3 is 5.97 Å². The monoisotopic (exact) mass is 210 g/mol. The van der Waals surface area contributed by atoms with Crippen LogP contribution >= 0.6 is 0 Å². The third-order valence-electron chi connectivity index (χ3n) is 3.21. The number of ether oxygens (including phenoxy) is 2. The first-order chi connectivity index (χ1) is 7.20. The molecule has 3 heteroatoms. The summed E-state index contributed by atoms with van der Waals surface area (Å²) in [6.07, 6.45) is 5.15. The van der Waals surface area contributed by atoms with Crippen molar-refractivity contribution in [2.75, 3.05) is 6.61 Å². The van der Waals surface area contributed by atoms with Crippen molar-refractivity contribution in [2.24, 2.45) is 5.92 Å². The predicted molar refractivity (Wildman–Crippen MR) is 56.4 cm³/mol. The van der Waals surface area contributed by atoms with Crippen LogP contribution in [0.3, 0.4) is 0 Å². The predicted octanol–water partition coefficient (Wildman–Crippen LogP) is 2.06. The maximum absolute atomic E-state index is 11.4. The molecule has 3 atom stereocenters. The topological polar surface area (TPSA) is 38.8 Å². The average molecular weight is 210 g/mol. The maximum Gasteiger partial charge on any atom is 0.333 e. The van der Waals surface area contributed by atoms with Crippen LogP contribution in [0.15, 0.2) is 12.2 Å². The summed E-state index contributed by atoms with van der Waals surface area (Å²) in [6.45, 7) is 6.03. The van der Waals surface area contributed by atoms with Crippen LogP contribution in [0, 0.1) is 5.92 Å². The Morgan fingerprint density at radius 2 is 2.27 bits per heavy atom. The first kappa shape index (κ1) is 10.7. The lowest BCUT2D eigenvalue weighted by Crippen LogP contribution is -2.17. The van der Waals surface area contributed by atoms with E-state index < -0.39 is 0 Å². The normalized spacial score (nSPS) is 33.0. The largest absolute Gasteiger partial charge is 0.463 e. The van der Waals surface area contributed by atoms with Crippen molar-refractivity contribution in [1.29, 1.82) is 0 Å². The van der Waals surface area contributed by atoms with E-state index in [0.717, 1.165) is 25.7 Å². The molecule has 1 saturated heterocycles. The summed E-state index contributed by atoms with van der Waals surface area (Å²) in [5.74, 6) is 0.321. The first-order valence-electron chi connectivity index (χ1n) is 5.71. The van der Waals surface area contributed by atoms with Crippen molar-refractivity contribution in [2.45, 2.75) is 44.8 Å². The Balaban J connectivity index is 1.75. The Kier molecular flexibility index (Phi) is 3.10. The van der Waals surface area contributed by atoms with E-state index in [4.69, 9.17) is 9.47 Å². The summed E-state index contributed by atoms with van der Waals surface area (Å²) in [5.41, 5.74) is 0.612. The van der Waals surface area contributed by atoms with Gasteiger partial charge in [0.1, 0.15) is 0 Å². The lowest BCUT2D eigenvalue weighted by atomic mass is 9.85. The van der Waals surface area contributed by atoms with Gasteiger partial charge in [0, 0.05) is 5.57 Å². The van der Waals surface area contributed by atoms with Crippen LogP contribution in [0.5, 0.6) is 0 Å². The molecule has 0 N–H and O–H groups in total. The molecule has 2 aliphatic rings. The van der Waals surface area contributed by atoms with Crippen molar-refractivity contribution < 1.29 is 14.3 Å². The molecule has 0 spiro atoms. The van der Waals surface area contributed by atoms with Crippen LogP contribution in [-0.2, 0) is 14.3 Å². The fraction of sp³-hybridized carbons (Fsp3) is 0.750. The number of fused-ring (bicyclic) bond motifs is 1. The van der Waals surface area contributed by atoms with Gasteiger partial charge in [-0.3, -0.25) is 0 Å². The van der Waals surface area contributed by atoms with Crippen LogP contribution in [-0.4, -0.2) is 24.8 Å². The molecule has 0 aromatic carbocycles. The lowest BCUT2D eigenvalue weighted by molar-refractivity contribution is -0.138. The van der Waals surface area contributed by atoms with E-state index in [9.17, 15) is 4.79 Å². The highest BCUT2D eigenvalue weighted by molar-refractivity contribution is 5.87. The second-order valence-corrected chi connectivity index (χ2v) is 4.42. The Morgan fingerprint density at radius 1 is 1.47 bits per heavy atom. The molecule has 0 amide bonds. The molecule has 0 radical (unpaired) electrons. The Hall–Kier alpha value is -0.830. The molecule has 3 nitrogen and oxygen atoms in total. The van der Waals surface area contributed by atoms with Crippen molar-refractivity contribution >= 4 is 5.97 Å². The van der Waals surface area contributed by atoms with Gasteiger partial charge in [-0.25, -0.2) is 4.79 Å². The van der Waals surface area contributed by atoms with E-state index in [0.29, 0.717) is 30.3 Å². The summed E-state index contributed by atoms with van der Waals surface area (Å²) in [6, 6.07) is 0. The fourth-order valence-electron chi connectivity index (χ4n) is 2.34. The van der Waals surface area contributed by atoms with E-state index in [1.807, 2.05) is 6.92 Å². The number of rotatable bonds is 4. The highest BCUT2D eigenvalue weighted by atomic mass is 16.6. The standard InChI is InChI=1S/C12H18O3/c1-3-14-12(13)8(2)6-9-4-5-10-11(7-9)15-10/h9-11H,2-7H2,1H3. The molecule has 3 unspecified atom stereocenters. The Labute approximate surface area is 90.4 Å². The van der Waals surface area contributed by atoms with E-state index in [-0.39, 0.29) is 5.97 Å². The van der Waals surface area contributed by atoms with E-state index in [1.54, 1.807) is 0 Å². The zero-order chi connectivity index (χ0) is 10.8. The molecular formula is C12H18O3. The van der Waals surface area contributed by atoms with Gasteiger partial charge in [0.2, 0.25) is 0 Å². The minimum atomic E-state index is -0.240. The number of esters is 1. The second kappa shape index (κ2) is 4.35. The maximum atomic E-state index is 11.4. The highest BCUT2D eigenvalue weighted by Crippen LogP contribution is 2.41. The number of carbonyl (C=O) groups excluding carboxylic acids is 1. The molecule has 2 fully saturated rings. The van der Waals surface area contributed by atoms with Crippen molar-refractivity contribution in [3.63, 3.8) is 0 Å². The molecule has 0 aromatic rings. The van der Waals surface area contributed by atoms with E-state index in [2.05, 4.69) is 6.58 Å². The van der Waals surface area contributed by atoms with Crippen LogP contribution in [0.1, 0.15) is 32.6 Å². The van der Waals surface area contributed by atoms with Crippen LogP contribution in [0.4, 0.5) is 0 Å². The SMILES string of the molecule is C=C(CC1CCC2OC2C1)C(=O)OCC. The number of hydrogen-bond acceptors (Lipinski definition) is 3. The quantitative estimate of drug-likeness (QED) is 0.405. The Bertz CT molecular complexity index is 272. The van der Waals surface area contributed by atoms with Crippen LogP contribution in [0.2, 0.25) is 0 Å². The number of carbonyl (C=O) groups is 1. The molecule has 1 heterocycles. The molecule has 1 aliphatic heterocycles. The van der Waals surface area contributed by atoms with Gasteiger partial charge in [-0.2, -0.15) is 0 Å². The smallest absolute Gasteiger partial charge is 0.333 e. The van der Waals surface area contributed by atoms with Gasteiger partial charge in [-0.05, 0) is 38.5 Å². The molecule has 15 heavy (non-hydrogen) atoms. The molecule has 0 aromatic heterocycles. The Morgan fingerprint density at radius 3 is 2.93 bits per heavy atom. The number of epoxide rings is 1. The molecule has 1 aliphatic carbocycles. The molecule has 0 bridgehead atoms. The molecule has 84 valence electrons. The zero-order valence-corrected chi connectivity index (χ0v) is 9.20. The summed E-state index contributed by atoms with van der Waals surface area (Å²) < 4.78 is 10.4. The van der Waals surface area contributed by atoms with Crippen molar-refractivity contribution in [3.8, 4) is 0 Å². The third-order valence-corrected chi connectivity index (χ3v) is 3.21.